The second-order valence-electron chi connectivity index (χ2n) is 5.79. The number of rotatable bonds is 9. The number of anilines is 1. The third-order valence-corrected chi connectivity index (χ3v) is 4.98. The van der Waals surface area contributed by atoms with Crippen molar-refractivity contribution < 1.29 is 23.1 Å². The van der Waals surface area contributed by atoms with Gasteiger partial charge in [0.15, 0.2) is 0 Å². The number of hydrogen-bond donors (Lipinski definition) is 2. The molecule has 0 saturated heterocycles. The molecule has 2 aromatic rings. The lowest BCUT2D eigenvalue weighted by Gasteiger charge is -2.15. The van der Waals surface area contributed by atoms with Gasteiger partial charge in [0, 0.05) is 10.2 Å². The predicted octanol–water partition coefficient (Wildman–Crippen LogP) is 4.60. The van der Waals surface area contributed by atoms with Crippen LogP contribution in [0.5, 0.6) is 5.75 Å². The normalized spacial score (nSPS) is 11.8. The Labute approximate surface area is 174 Å². The average Bonchev–Trinajstić information content (AvgIpc) is 2.61. The molecule has 2 amide bonds. The van der Waals surface area contributed by atoms with Crippen LogP contribution in [0.25, 0.3) is 0 Å². The lowest BCUT2D eigenvalue weighted by atomic mass is 10.1. The number of alkyl halides is 2. The summed E-state index contributed by atoms with van der Waals surface area (Å²) in [6, 6.07) is 13.0. The van der Waals surface area contributed by atoms with Crippen molar-refractivity contribution in [3.8, 4) is 5.75 Å². The van der Waals surface area contributed by atoms with E-state index in [4.69, 9.17) is 0 Å². The lowest BCUT2D eigenvalue weighted by Crippen LogP contribution is -2.28. The van der Waals surface area contributed by atoms with Crippen LogP contribution in [0.1, 0.15) is 18.5 Å². The number of ether oxygens (including phenoxy) is 1. The maximum atomic E-state index is 12.2. The first kappa shape index (κ1) is 22.2. The monoisotopic (exact) mass is 472 g/mol. The SMILES string of the molecule is CC(NC(=O)CSCC(=O)Nc1cccc(Br)c1)c1ccc(OC(F)F)cc1. The molecule has 150 valence electrons. The van der Waals surface area contributed by atoms with Gasteiger partial charge in [-0.1, -0.05) is 34.1 Å². The van der Waals surface area contributed by atoms with Gasteiger partial charge in [0.2, 0.25) is 11.8 Å². The van der Waals surface area contributed by atoms with E-state index in [0.29, 0.717) is 5.69 Å². The number of hydrogen-bond acceptors (Lipinski definition) is 4. The fourth-order valence-corrected chi connectivity index (χ4v) is 3.33. The van der Waals surface area contributed by atoms with Gasteiger partial charge in [0.25, 0.3) is 0 Å². The molecular weight excluding hydrogens is 454 g/mol. The Kier molecular flexibility index (Phi) is 8.72. The van der Waals surface area contributed by atoms with Gasteiger partial charge in [-0.15, -0.1) is 11.8 Å². The van der Waals surface area contributed by atoms with Crippen LogP contribution in [0, 0.1) is 0 Å². The highest BCUT2D eigenvalue weighted by Crippen LogP contribution is 2.19. The zero-order valence-corrected chi connectivity index (χ0v) is 17.4. The van der Waals surface area contributed by atoms with Crippen LogP contribution in [0.3, 0.4) is 0 Å². The van der Waals surface area contributed by atoms with Crippen LogP contribution < -0.4 is 15.4 Å². The smallest absolute Gasteiger partial charge is 0.387 e. The second kappa shape index (κ2) is 11.0. The Morgan fingerprint density at radius 2 is 1.79 bits per heavy atom. The Hall–Kier alpha value is -2.13. The lowest BCUT2D eigenvalue weighted by molar-refractivity contribution is -0.119. The summed E-state index contributed by atoms with van der Waals surface area (Å²) in [6.45, 7) is -1.09. The molecule has 1 unspecified atom stereocenters. The first-order valence-corrected chi connectivity index (χ1v) is 10.3. The summed E-state index contributed by atoms with van der Waals surface area (Å²) >= 11 is 4.53. The zero-order valence-electron chi connectivity index (χ0n) is 15.0. The molecule has 0 aliphatic heterocycles. The summed E-state index contributed by atoms with van der Waals surface area (Å²) in [5, 5.41) is 5.56. The van der Waals surface area contributed by atoms with E-state index in [1.165, 1.54) is 23.9 Å². The van der Waals surface area contributed by atoms with Crippen molar-refractivity contribution >= 4 is 45.2 Å². The van der Waals surface area contributed by atoms with Crippen LogP contribution in [0.15, 0.2) is 53.0 Å². The highest BCUT2D eigenvalue weighted by Gasteiger charge is 2.12. The minimum Gasteiger partial charge on any atom is -0.435 e. The fourth-order valence-electron chi connectivity index (χ4n) is 2.30. The van der Waals surface area contributed by atoms with E-state index in [1.807, 2.05) is 12.1 Å². The first-order chi connectivity index (χ1) is 13.3. The molecule has 2 N–H and O–H groups in total. The molecule has 2 rings (SSSR count). The maximum Gasteiger partial charge on any atom is 0.387 e. The van der Waals surface area contributed by atoms with Gasteiger partial charge < -0.3 is 15.4 Å². The van der Waals surface area contributed by atoms with Gasteiger partial charge in [-0.3, -0.25) is 9.59 Å². The standard InChI is InChI=1S/C19H19BrF2N2O3S/c1-12(13-5-7-16(8-6-13)27-19(21)22)23-17(25)10-28-11-18(26)24-15-4-2-3-14(20)9-15/h2-9,12,19H,10-11H2,1H3,(H,23,25)(H,24,26). The molecule has 0 fully saturated rings. The number of carbonyl (C=O) groups excluding carboxylic acids is 2. The molecule has 0 aliphatic carbocycles. The molecule has 0 radical (unpaired) electrons. The molecule has 28 heavy (non-hydrogen) atoms. The quantitative estimate of drug-likeness (QED) is 0.559. The molecule has 2 aromatic carbocycles. The van der Waals surface area contributed by atoms with Crippen molar-refractivity contribution in [2.75, 3.05) is 16.8 Å². The van der Waals surface area contributed by atoms with E-state index < -0.39 is 6.61 Å². The number of benzene rings is 2. The van der Waals surface area contributed by atoms with Crippen molar-refractivity contribution in [1.29, 1.82) is 0 Å². The molecule has 0 aromatic heterocycles. The van der Waals surface area contributed by atoms with Crippen molar-refractivity contribution in [3.63, 3.8) is 0 Å². The van der Waals surface area contributed by atoms with E-state index >= 15 is 0 Å². The van der Waals surface area contributed by atoms with Crippen LogP contribution in [0.2, 0.25) is 0 Å². The Balaban J connectivity index is 1.72. The molecular formula is C19H19BrF2N2O3S. The number of thioether (sulfide) groups is 1. The van der Waals surface area contributed by atoms with Crippen molar-refractivity contribution in [3.05, 3.63) is 58.6 Å². The molecule has 5 nitrogen and oxygen atoms in total. The minimum atomic E-state index is -2.87. The zero-order chi connectivity index (χ0) is 20.5. The third-order valence-electron chi connectivity index (χ3n) is 3.56. The van der Waals surface area contributed by atoms with Crippen LogP contribution in [-0.4, -0.2) is 29.9 Å². The molecule has 9 heteroatoms. The van der Waals surface area contributed by atoms with E-state index in [0.717, 1.165) is 10.0 Å². The van der Waals surface area contributed by atoms with Crippen molar-refractivity contribution in [2.24, 2.45) is 0 Å². The van der Waals surface area contributed by atoms with Crippen LogP contribution in [0.4, 0.5) is 14.5 Å². The summed E-state index contributed by atoms with van der Waals surface area (Å²) < 4.78 is 29.5. The molecule has 0 saturated carbocycles. The van der Waals surface area contributed by atoms with Gasteiger partial charge in [-0.2, -0.15) is 8.78 Å². The van der Waals surface area contributed by atoms with Gasteiger partial charge in [0.05, 0.1) is 17.5 Å². The summed E-state index contributed by atoms with van der Waals surface area (Å²) in [4.78, 5) is 23.9. The predicted molar refractivity (Wildman–Crippen MR) is 110 cm³/mol. The van der Waals surface area contributed by atoms with Crippen LogP contribution in [-0.2, 0) is 9.59 Å². The summed E-state index contributed by atoms with van der Waals surface area (Å²) in [7, 11) is 0. The average molecular weight is 473 g/mol. The summed E-state index contributed by atoms with van der Waals surface area (Å²) in [5.74, 6) is -0.0832. The van der Waals surface area contributed by atoms with E-state index in [1.54, 1.807) is 31.2 Å². The van der Waals surface area contributed by atoms with E-state index in [2.05, 4.69) is 31.3 Å². The maximum absolute atomic E-state index is 12.2. The molecule has 1 atom stereocenters. The molecule has 0 aliphatic rings. The Morgan fingerprint density at radius 1 is 1.11 bits per heavy atom. The van der Waals surface area contributed by atoms with E-state index in [9.17, 15) is 18.4 Å². The largest absolute Gasteiger partial charge is 0.435 e. The van der Waals surface area contributed by atoms with E-state index in [-0.39, 0.29) is 35.1 Å². The van der Waals surface area contributed by atoms with Gasteiger partial charge in [0.1, 0.15) is 5.75 Å². The number of halogens is 3. The number of nitrogens with one attached hydrogen (secondary N) is 2. The summed E-state index contributed by atoms with van der Waals surface area (Å²) in [6.07, 6.45) is 0. The third kappa shape index (κ3) is 7.85. The second-order valence-corrected chi connectivity index (χ2v) is 7.69. The number of amides is 2. The topological polar surface area (TPSA) is 67.4 Å². The molecule has 0 bridgehead atoms. The Bertz CT molecular complexity index is 806. The fraction of sp³-hybridized carbons (Fsp3) is 0.263. The molecule has 0 spiro atoms. The summed E-state index contributed by atoms with van der Waals surface area (Å²) in [5.41, 5.74) is 1.43. The highest BCUT2D eigenvalue weighted by molar-refractivity contribution is 9.10. The first-order valence-electron chi connectivity index (χ1n) is 8.31. The molecule has 0 heterocycles. The minimum absolute atomic E-state index is 0.0595. The van der Waals surface area contributed by atoms with Crippen LogP contribution >= 0.6 is 27.7 Å². The number of carbonyl (C=O) groups is 2. The highest BCUT2D eigenvalue weighted by atomic mass is 79.9. The van der Waals surface area contributed by atoms with Crippen molar-refractivity contribution in [2.45, 2.75) is 19.6 Å². The Morgan fingerprint density at radius 3 is 2.43 bits per heavy atom. The van der Waals surface area contributed by atoms with Crippen molar-refractivity contribution in [1.82, 2.24) is 5.32 Å². The van der Waals surface area contributed by atoms with Gasteiger partial charge >= 0.3 is 6.61 Å². The van der Waals surface area contributed by atoms with Gasteiger partial charge in [-0.05, 0) is 42.8 Å². The van der Waals surface area contributed by atoms with Gasteiger partial charge in [-0.25, -0.2) is 0 Å².